The van der Waals surface area contributed by atoms with Gasteiger partial charge in [0.1, 0.15) is 0 Å². The summed E-state index contributed by atoms with van der Waals surface area (Å²) >= 11 is 12.3. The van der Waals surface area contributed by atoms with Crippen LogP contribution in [0.5, 0.6) is 0 Å². The number of hydrogen-bond acceptors (Lipinski definition) is 1. The molecule has 0 aromatic heterocycles. The van der Waals surface area contributed by atoms with Gasteiger partial charge in [-0.2, -0.15) is 0 Å². The van der Waals surface area contributed by atoms with Crippen molar-refractivity contribution in [3.63, 3.8) is 0 Å². The van der Waals surface area contributed by atoms with Crippen LogP contribution in [-0.4, -0.2) is 13.1 Å². The van der Waals surface area contributed by atoms with Crippen molar-refractivity contribution in [2.75, 3.05) is 7.05 Å². The van der Waals surface area contributed by atoms with Crippen molar-refractivity contribution in [1.29, 1.82) is 0 Å². The lowest BCUT2D eigenvalue weighted by Crippen LogP contribution is -2.30. The van der Waals surface area contributed by atoms with E-state index >= 15 is 0 Å². The molecule has 0 saturated heterocycles. The molecule has 0 aliphatic carbocycles. The predicted molar refractivity (Wildman–Crippen MR) is 87.9 cm³/mol. The molecule has 3 heteroatoms. The molecule has 106 valence electrons. The topological polar surface area (TPSA) is 12.0 Å². The Bertz CT molecular complexity index is 564. The van der Waals surface area contributed by atoms with E-state index in [9.17, 15) is 0 Å². The summed E-state index contributed by atoms with van der Waals surface area (Å²) in [6.45, 7) is 2.10. The first kappa shape index (κ1) is 15.4. The van der Waals surface area contributed by atoms with E-state index in [4.69, 9.17) is 23.2 Å². The molecule has 2 rings (SSSR count). The van der Waals surface area contributed by atoms with E-state index < -0.39 is 0 Å². The molecule has 0 heterocycles. The molecule has 1 N–H and O–H groups in total. The van der Waals surface area contributed by atoms with Crippen LogP contribution < -0.4 is 5.32 Å². The van der Waals surface area contributed by atoms with E-state index in [-0.39, 0.29) is 0 Å². The number of benzene rings is 2. The van der Waals surface area contributed by atoms with E-state index in [1.807, 2.05) is 25.2 Å². The van der Waals surface area contributed by atoms with Gasteiger partial charge in [-0.1, -0.05) is 53.0 Å². The minimum atomic E-state index is 0.341. The zero-order chi connectivity index (χ0) is 14.5. The average Bonchev–Trinajstić information content (AvgIpc) is 2.44. The van der Waals surface area contributed by atoms with E-state index in [1.165, 1.54) is 11.1 Å². The summed E-state index contributed by atoms with van der Waals surface area (Å²) < 4.78 is 0. The Labute approximate surface area is 130 Å². The van der Waals surface area contributed by atoms with Crippen molar-refractivity contribution in [3.8, 4) is 0 Å². The van der Waals surface area contributed by atoms with E-state index in [0.29, 0.717) is 6.04 Å². The van der Waals surface area contributed by atoms with Gasteiger partial charge in [-0.3, -0.25) is 0 Å². The summed E-state index contributed by atoms with van der Waals surface area (Å²) in [6.07, 6.45) is 1.84. The van der Waals surface area contributed by atoms with Crippen LogP contribution in [-0.2, 0) is 12.8 Å². The average molecular weight is 308 g/mol. The van der Waals surface area contributed by atoms with E-state index in [2.05, 4.69) is 36.5 Å². The number of hydrogen-bond donors (Lipinski definition) is 1. The molecule has 0 aliphatic rings. The second-order valence-electron chi connectivity index (χ2n) is 5.12. The van der Waals surface area contributed by atoms with Crippen LogP contribution in [0.2, 0.25) is 10.0 Å². The number of rotatable bonds is 5. The van der Waals surface area contributed by atoms with Gasteiger partial charge >= 0.3 is 0 Å². The van der Waals surface area contributed by atoms with Crippen molar-refractivity contribution in [3.05, 3.63) is 69.2 Å². The van der Waals surface area contributed by atoms with Gasteiger partial charge in [0.05, 0.1) is 0 Å². The lowest BCUT2D eigenvalue weighted by Gasteiger charge is -2.17. The third-order valence-corrected chi connectivity index (χ3v) is 4.09. The van der Waals surface area contributed by atoms with Crippen LogP contribution in [0.25, 0.3) is 0 Å². The molecular weight excluding hydrogens is 289 g/mol. The summed E-state index contributed by atoms with van der Waals surface area (Å²) in [5.74, 6) is 0. The minimum Gasteiger partial charge on any atom is -0.316 e. The lowest BCUT2D eigenvalue weighted by molar-refractivity contribution is 0.556. The van der Waals surface area contributed by atoms with Crippen molar-refractivity contribution < 1.29 is 0 Å². The third-order valence-electron chi connectivity index (χ3n) is 3.49. The molecule has 0 bridgehead atoms. The Morgan fingerprint density at radius 1 is 1.00 bits per heavy atom. The summed E-state index contributed by atoms with van der Waals surface area (Å²) in [5, 5.41) is 4.87. The van der Waals surface area contributed by atoms with E-state index in [1.54, 1.807) is 0 Å². The highest BCUT2D eigenvalue weighted by Crippen LogP contribution is 2.22. The van der Waals surface area contributed by atoms with Gasteiger partial charge in [-0.05, 0) is 56.1 Å². The van der Waals surface area contributed by atoms with E-state index in [0.717, 1.165) is 28.5 Å². The van der Waals surface area contributed by atoms with Gasteiger partial charge < -0.3 is 5.32 Å². The zero-order valence-electron chi connectivity index (χ0n) is 11.8. The van der Waals surface area contributed by atoms with Crippen LogP contribution in [0, 0.1) is 6.92 Å². The zero-order valence-corrected chi connectivity index (χ0v) is 13.3. The molecule has 1 nitrogen and oxygen atoms in total. The SMILES string of the molecule is CNC(Cc1ccc(C)cc1)Cc1cc(Cl)ccc1Cl. The van der Waals surface area contributed by atoms with Gasteiger partial charge in [0.25, 0.3) is 0 Å². The van der Waals surface area contributed by atoms with Crippen molar-refractivity contribution in [2.45, 2.75) is 25.8 Å². The number of nitrogens with one attached hydrogen (secondary N) is 1. The highest BCUT2D eigenvalue weighted by molar-refractivity contribution is 6.33. The maximum absolute atomic E-state index is 6.23. The van der Waals surface area contributed by atoms with Gasteiger partial charge in [-0.15, -0.1) is 0 Å². The van der Waals surface area contributed by atoms with Crippen molar-refractivity contribution >= 4 is 23.2 Å². The fraction of sp³-hybridized carbons (Fsp3) is 0.294. The largest absolute Gasteiger partial charge is 0.316 e. The van der Waals surface area contributed by atoms with Crippen LogP contribution in [0.3, 0.4) is 0 Å². The normalized spacial score (nSPS) is 12.4. The predicted octanol–water partition coefficient (Wildman–Crippen LogP) is 4.68. The summed E-state index contributed by atoms with van der Waals surface area (Å²) in [4.78, 5) is 0. The molecule has 1 unspecified atom stereocenters. The molecule has 1 atom stereocenters. The molecule has 0 fully saturated rings. The number of aryl methyl sites for hydroxylation is 1. The molecule has 0 radical (unpaired) electrons. The van der Waals surface area contributed by atoms with Crippen LogP contribution in [0.15, 0.2) is 42.5 Å². The third kappa shape index (κ3) is 4.24. The van der Waals surface area contributed by atoms with Crippen LogP contribution >= 0.6 is 23.2 Å². The number of halogens is 2. The first-order chi connectivity index (χ1) is 9.58. The second kappa shape index (κ2) is 7.12. The van der Waals surface area contributed by atoms with Crippen molar-refractivity contribution in [2.24, 2.45) is 0 Å². The first-order valence-electron chi connectivity index (χ1n) is 6.75. The lowest BCUT2D eigenvalue weighted by atomic mass is 9.98. The number of likely N-dealkylation sites (N-methyl/N-ethyl adjacent to an activating group) is 1. The van der Waals surface area contributed by atoms with Gasteiger partial charge in [-0.25, -0.2) is 0 Å². The smallest absolute Gasteiger partial charge is 0.0439 e. The molecule has 2 aromatic carbocycles. The summed E-state index contributed by atoms with van der Waals surface area (Å²) in [7, 11) is 1.98. The fourth-order valence-electron chi connectivity index (χ4n) is 2.25. The quantitative estimate of drug-likeness (QED) is 0.846. The molecule has 0 spiro atoms. The Hall–Kier alpha value is -1.02. The molecule has 2 aromatic rings. The second-order valence-corrected chi connectivity index (χ2v) is 5.96. The standard InChI is InChI=1S/C17H19Cl2N/c1-12-3-5-13(6-4-12)9-16(20-2)11-14-10-15(18)7-8-17(14)19/h3-8,10,16,20H,9,11H2,1-2H3. The molecule has 0 amide bonds. The van der Waals surface area contributed by atoms with Gasteiger partial charge in [0, 0.05) is 16.1 Å². The maximum atomic E-state index is 6.23. The summed E-state index contributed by atoms with van der Waals surface area (Å²) in [6, 6.07) is 14.6. The Kier molecular flexibility index (Phi) is 5.47. The van der Waals surface area contributed by atoms with Crippen molar-refractivity contribution in [1.82, 2.24) is 5.32 Å². The Morgan fingerprint density at radius 2 is 1.70 bits per heavy atom. The van der Waals surface area contributed by atoms with Gasteiger partial charge in [0.15, 0.2) is 0 Å². The molecule has 20 heavy (non-hydrogen) atoms. The maximum Gasteiger partial charge on any atom is 0.0439 e. The van der Waals surface area contributed by atoms with Crippen LogP contribution in [0.1, 0.15) is 16.7 Å². The molecule has 0 saturated carbocycles. The highest BCUT2D eigenvalue weighted by Gasteiger charge is 2.11. The molecule has 0 aliphatic heterocycles. The van der Waals surface area contributed by atoms with Gasteiger partial charge in [0.2, 0.25) is 0 Å². The first-order valence-corrected chi connectivity index (χ1v) is 7.51. The fourth-order valence-corrected chi connectivity index (χ4v) is 2.64. The summed E-state index contributed by atoms with van der Waals surface area (Å²) in [5.41, 5.74) is 3.70. The minimum absolute atomic E-state index is 0.341. The Morgan fingerprint density at radius 3 is 2.35 bits per heavy atom. The Balaban J connectivity index is 2.08. The molecular formula is C17H19Cl2N. The highest BCUT2D eigenvalue weighted by atomic mass is 35.5. The monoisotopic (exact) mass is 307 g/mol. The van der Waals surface area contributed by atoms with Crippen LogP contribution in [0.4, 0.5) is 0 Å².